The number of nitrogens with one attached hydrogen (secondary N) is 1. The molecule has 5 nitrogen and oxygen atoms in total. The average molecular weight is 291 g/mol. The molecule has 2 rings (SSSR count). The number of piperidine rings is 1. The molecule has 1 amide bonds. The number of hydrogen-bond acceptors (Lipinski definition) is 4. The van der Waals surface area contributed by atoms with Gasteiger partial charge in [-0.15, -0.1) is 0 Å². The number of hydrogen-bond donors (Lipinski definition) is 2. The predicted octanol–water partition coefficient (Wildman–Crippen LogP) is 2.05. The van der Waals surface area contributed by atoms with Crippen molar-refractivity contribution >= 4 is 11.7 Å². The zero-order valence-corrected chi connectivity index (χ0v) is 13.1. The van der Waals surface area contributed by atoms with Crippen LogP contribution in [0.25, 0.3) is 0 Å². The molecular formula is C16H25N3O2. The molecule has 1 aliphatic rings. The van der Waals surface area contributed by atoms with E-state index in [1.165, 1.54) is 0 Å². The van der Waals surface area contributed by atoms with E-state index in [1.54, 1.807) is 0 Å². The third kappa shape index (κ3) is 3.94. The van der Waals surface area contributed by atoms with Gasteiger partial charge in [0, 0.05) is 30.9 Å². The molecule has 1 saturated heterocycles. The van der Waals surface area contributed by atoms with Crippen molar-refractivity contribution in [2.45, 2.75) is 39.7 Å². The van der Waals surface area contributed by atoms with Gasteiger partial charge in [0.05, 0.1) is 6.10 Å². The summed E-state index contributed by atoms with van der Waals surface area (Å²) in [5.74, 6) is 0.910. The van der Waals surface area contributed by atoms with Crippen molar-refractivity contribution in [1.82, 2.24) is 9.88 Å². The molecule has 2 atom stereocenters. The summed E-state index contributed by atoms with van der Waals surface area (Å²) in [5.41, 5.74) is 1.51. The maximum absolute atomic E-state index is 12.6. The van der Waals surface area contributed by atoms with Gasteiger partial charge in [-0.3, -0.25) is 4.79 Å². The second kappa shape index (κ2) is 6.89. The zero-order valence-electron chi connectivity index (χ0n) is 13.1. The summed E-state index contributed by atoms with van der Waals surface area (Å²) in [6, 6.07) is 3.65. The molecule has 2 heterocycles. The topological polar surface area (TPSA) is 65.5 Å². The fraction of sp³-hybridized carbons (Fsp3) is 0.625. The molecule has 1 aliphatic heterocycles. The molecule has 0 saturated carbocycles. The minimum Gasteiger partial charge on any atom is -0.393 e. The summed E-state index contributed by atoms with van der Waals surface area (Å²) in [5, 5.41) is 13.0. The highest BCUT2D eigenvalue weighted by Gasteiger charge is 2.28. The van der Waals surface area contributed by atoms with E-state index in [9.17, 15) is 9.90 Å². The van der Waals surface area contributed by atoms with Crippen LogP contribution in [0.15, 0.2) is 12.1 Å². The minimum absolute atomic E-state index is 0.0267. The third-order valence-electron chi connectivity index (χ3n) is 3.90. The van der Waals surface area contributed by atoms with Crippen LogP contribution in [-0.2, 0) is 0 Å². The van der Waals surface area contributed by atoms with Crippen LogP contribution in [0, 0.1) is 12.8 Å². The van der Waals surface area contributed by atoms with Crippen LogP contribution >= 0.6 is 0 Å². The lowest BCUT2D eigenvalue weighted by Crippen LogP contribution is -2.45. The number of carbonyl (C=O) groups excluding carboxylic acids is 1. The second-order valence-corrected chi connectivity index (χ2v) is 5.89. The van der Waals surface area contributed by atoms with Crippen molar-refractivity contribution in [1.29, 1.82) is 0 Å². The van der Waals surface area contributed by atoms with Gasteiger partial charge in [0.15, 0.2) is 0 Å². The molecule has 5 heteroatoms. The van der Waals surface area contributed by atoms with Gasteiger partial charge in [-0.25, -0.2) is 4.98 Å². The first-order valence-corrected chi connectivity index (χ1v) is 7.71. The van der Waals surface area contributed by atoms with Gasteiger partial charge in [0.2, 0.25) is 0 Å². The Balaban J connectivity index is 2.13. The van der Waals surface area contributed by atoms with E-state index in [0.717, 1.165) is 24.5 Å². The Hall–Kier alpha value is -1.62. The lowest BCUT2D eigenvalue weighted by Gasteiger charge is -2.34. The minimum atomic E-state index is -0.296. The number of aromatic nitrogens is 1. The summed E-state index contributed by atoms with van der Waals surface area (Å²) in [6.45, 7) is 8.04. The zero-order chi connectivity index (χ0) is 15.4. The average Bonchev–Trinajstić information content (AvgIpc) is 2.46. The number of anilines is 1. The van der Waals surface area contributed by atoms with E-state index in [1.807, 2.05) is 30.9 Å². The van der Waals surface area contributed by atoms with Crippen LogP contribution in [0.5, 0.6) is 0 Å². The Bertz CT molecular complexity index is 504. The molecule has 0 bridgehead atoms. The number of aryl methyl sites for hydroxylation is 1. The van der Waals surface area contributed by atoms with E-state index in [0.29, 0.717) is 25.1 Å². The third-order valence-corrected chi connectivity index (χ3v) is 3.90. The molecule has 1 aromatic heterocycles. The Kier molecular flexibility index (Phi) is 5.17. The van der Waals surface area contributed by atoms with Crippen molar-refractivity contribution in [3.63, 3.8) is 0 Å². The summed E-state index contributed by atoms with van der Waals surface area (Å²) >= 11 is 0. The molecule has 0 radical (unpaired) electrons. The number of aliphatic hydroxyl groups is 1. The molecule has 0 aromatic carbocycles. The first kappa shape index (κ1) is 15.8. The van der Waals surface area contributed by atoms with E-state index in [4.69, 9.17) is 0 Å². The molecule has 2 N–H and O–H groups in total. The SMILES string of the molecule is CCCNc1cc(C(=O)N2CCC(O)C(C)C2)cc(C)n1. The summed E-state index contributed by atoms with van der Waals surface area (Å²) < 4.78 is 0. The van der Waals surface area contributed by atoms with Crippen molar-refractivity contribution in [2.75, 3.05) is 25.0 Å². The van der Waals surface area contributed by atoms with Crippen molar-refractivity contribution < 1.29 is 9.90 Å². The normalized spacial score (nSPS) is 22.2. The Labute approximate surface area is 126 Å². The summed E-state index contributed by atoms with van der Waals surface area (Å²) in [6.07, 6.45) is 1.37. The van der Waals surface area contributed by atoms with E-state index < -0.39 is 0 Å². The molecule has 0 aliphatic carbocycles. The fourth-order valence-electron chi connectivity index (χ4n) is 2.64. The number of aliphatic hydroxyl groups excluding tert-OH is 1. The van der Waals surface area contributed by atoms with Gasteiger partial charge in [-0.2, -0.15) is 0 Å². The molecule has 116 valence electrons. The monoisotopic (exact) mass is 291 g/mol. The first-order chi connectivity index (χ1) is 10.0. The molecule has 1 aromatic rings. The van der Waals surface area contributed by atoms with Gasteiger partial charge in [-0.1, -0.05) is 13.8 Å². The fourth-order valence-corrected chi connectivity index (χ4v) is 2.64. The standard InChI is InChI=1S/C16H25N3O2/c1-4-6-17-15-9-13(8-12(3)18-15)16(21)19-7-5-14(20)11(2)10-19/h8-9,11,14,20H,4-7,10H2,1-3H3,(H,17,18). The van der Waals surface area contributed by atoms with Crippen molar-refractivity contribution in [2.24, 2.45) is 5.92 Å². The molecule has 2 unspecified atom stereocenters. The van der Waals surface area contributed by atoms with Crippen LogP contribution in [0.4, 0.5) is 5.82 Å². The largest absolute Gasteiger partial charge is 0.393 e. The summed E-state index contributed by atoms with van der Waals surface area (Å²) in [7, 11) is 0. The maximum Gasteiger partial charge on any atom is 0.254 e. The quantitative estimate of drug-likeness (QED) is 0.891. The lowest BCUT2D eigenvalue weighted by atomic mass is 9.96. The number of likely N-dealkylation sites (tertiary alicyclic amines) is 1. The van der Waals surface area contributed by atoms with E-state index >= 15 is 0 Å². The Morgan fingerprint density at radius 2 is 2.29 bits per heavy atom. The van der Waals surface area contributed by atoms with E-state index in [-0.39, 0.29) is 17.9 Å². The second-order valence-electron chi connectivity index (χ2n) is 5.89. The van der Waals surface area contributed by atoms with Crippen LogP contribution in [0.3, 0.4) is 0 Å². The number of pyridine rings is 1. The number of carbonyl (C=O) groups is 1. The number of rotatable bonds is 4. The van der Waals surface area contributed by atoms with Crippen LogP contribution in [0.2, 0.25) is 0 Å². The molecule has 21 heavy (non-hydrogen) atoms. The predicted molar refractivity (Wildman–Crippen MR) is 83.4 cm³/mol. The van der Waals surface area contributed by atoms with Gasteiger partial charge >= 0.3 is 0 Å². The van der Waals surface area contributed by atoms with Crippen molar-refractivity contribution in [3.05, 3.63) is 23.4 Å². The molecule has 1 fully saturated rings. The molecular weight excluding hydrogens is 266 g/mol. The number of nitrogens with zero attached hydrogens (tertiary/aromatic N) is 2. The van der Waals surface area contributed by atoms with Gasteiger partial charge in [-0.05, 0) is 37.8 Å². The number of amides is 1. The summed E-state index contributed by atoms with van der Waals surface area (Å²) in [4.78, 5) is 18.9. The lowest BCUT2D eigenvalue weighted by molar-refractivity contribution is 0.0297. The highest BCUT2D eigenvalue weighted by Crippen LogP contribution is 2.20. The molecule has 0 spiro atoms. The van der Waals surface area contributed by atoms with Crippen LogP contribution in [0.1, 0.15) is 42.7 Å². The first-order valence-electron chi connectivity index (χ1n) is 7.71. The Morgan fingerprint density at radius 1 is 1.52 bits per heavy atom. The van der Waals surface area contributed by atoms with Gasteiger partial charge in [0.25, 0.3) is 5.91 Å². The van der Waals surface area contributed by atoms with Crippen molar-refractivity contribution in [3.8, 4) is 0 Å². The smallest absolute Gasteiger partial charge is 0.254 e. The van der Waals surface area contributed by atoms with Crippen LogP contribution in [-0.4, -0.2) is 46.6 Å². The Morgan fingerprint density at radius 3 is 2.95 bits per heavy atom. The van der Waals surface area contributed by atoms with E-state index in [2.05, 4.69) is 17.2 Å². The van der Waals surface area contributed by atoms with Gasteiger partial charge in [0.1, 0.15) is 5.82 Å². The highest BCUT2D eigenvalue weighted by molar-refractivity contribution is 5.95. The van der Waals surface area contributed by atoms with Gasteiger partial charge < -0.3 is 15.3 Å². The highest BCUT2D eigenvalue weighted by atomic mass is 16.3. The maximum atomic E-state index is 12.6. The van der Waals surface area contributed by atoms with Crippen LogP contribution < -0.4 is 5.32 Å².